The smallest absolute Gasteiger partial charge is 0.119 e. The summed E-state index contributed by atoms with van der Waals surface area (Å²) >= 11 is 0. The van der Waals surface area contributed by atoms with E-state index in [9.17, 15) is 20.4 Å². The summed E-state index contributed by atoms with van der Waals surface area (Å²) in [7, 11) is 0. The molecule has 2 aliphatic rings. The number of hydrogen-bond donors (Lipinski definition) is 5. The molecule has 0 spiro atoms. The highest BCUT2D eigenvalue weighted by atomic mass is 16.5. The van der Waals surface area contributed by atoms with Crippen molar-refractivity contribution in [3.63, 3.8) is 0 Å². The van der Waals surface area contributed by atoms with Crippen molar-refractivity contribution >= 4 is 5.69 Å². The predicted molar refractivity (Wildman–Crippen MR) is 120 cm³/mol. The summed E-state index contributed by atoms with van der Waals surface area (Å²) < 4.78 is 11.8. The van der Waals surface area contributed by atoms with E-state index in [-0.39, 0.29) is 0 Å². The number of rotatable bonds is 6. The van der Waals surface area contributed by atoms with Crippen LogP contribution in [0.3, 0.4) is 0 Å². The van der Waals surface area contributed by atoms with Crippen molar-refractivity contribution in [3.8, 4) is 5.75 Å². The van der Waals surface area contributed by atoms with Gasteiger partial charge in [-0.1, -0.05) is 30.7 Å². The Morgan fingerprint density at radius 1 is 0.906 bits per heavy atom. The van der Waals surface area contributed by atoms with Crippen LogP contribution in [0.5, 0.6) is 5.75 Å². The van der Waals surface area contributed by atoms with Crippen LogP contribution in [0, 0.1) is 0 Å². The molecule has 174 valence electrons. The van der Waals surface area contributed by atoms with Crippen LogP contribution in [0.15, 0.2) is 42.5 Å². The molecule has 32 heavy (non-hydrogen) atoms. The molecular weight excluding hydrogens is 410 g/mol. The van der Waals surface area contributed by atoms with Gasteiger partial charge in [0.2, 0.25) is 0 Å². The monoisotopic (exact) mass is 443 g/mol. The molecule has 1 aliphatic heterocycles. The molecular formula is C25H33NO6. The first-order valence-electron chi connectivity index (χ1n) is 11.4. The fourth-order valence-corrected chi connectivity index (χ4v) is 4.61. The Labute approximate surface area is 188 Å². The third kappa shape index (κ3) is 5.08. The van der Waals surface area contributed by atoms with Crippen LogP contribution in [0.2, 0.25) is 0 Å². The van der Waals surface area contributed by atoms with Crippen LogP contribution in [0.1, 0.15) is 54.9 Å². The topological polar surface area (TPSA) is 125 Å². The quantitative estimate of drug-likeness (QED) is 0.433. The zero-order valence-electron chi connectivity index (χ0n) is 18.1. The molecule has 2 aromatic rings. The van der Waals surface area contributed by atoms with Gasteiger partial charge in [-0.3, -0.25) is 0 Å². The molecule has 5 atom stereocenters. The fourth-order valence-electron chi connectivity index (χ4n) is 4.61. The summed E-state index contributed by atoms with van der Waals surface area (Å²) in [5, 5.41) is 40.0. The fraction of sp³-hybridized carbons (Fsp3) is 0.520. The number of ether oxygens (including phenoxy) is 2. The second kappa shape index (κ2) is 10.2. The highest BCUT2D eigenvalue weighted by Gasteiger charge is 2.44. The molecule has 1 saturated carbocycles. The van der Waals surface area contributed by atoms with Gasteiger partial charge in [0.25, 0.3) is 0 Å². The highest BCUT2D eigenvalue weighted by molar-refractivity contribution is 5.51. The normalized spacial score (nSPS) is 29.1. The van der Waals surface area contributed by atoms with Crippen LogP contribution < -0.4 is 10.5 Å². The maximum absolute atomic E-state index is 10.4. The third-order valence-corrected chi connectivity index (χ3v) is 6.56. The number of nitrogens with two attached hydrogens (primary N) is 1. The molecule has 0 bridgehead atoms. The molecule has 7 nitrogen and oxygen atoms in total. The summed E-state index contributed by atoms with van der Waals surface area (Å²) in [4.78, 5) is 0. The van der Waals surface area contributed by atoms with E-state index in [1.165, 1.54) is 19.3 Å². The molecule has 4 rings (SSSR count). The van der Waals surface area contributed by atoms with Crippen LogP contribution in [0.25, 0.3) is 0 Å². The summed E-state index contributed by atoms with van der Waals surface area (Å²) in [6, 6.07) is 13.3. The first kappa shape index (κ1) is 23.0. The SMILES string of the molecule is Nc1ccc([C@@H]2OC(CO)[C@@H](O)C(O)[C@H]2O)cc1Cc1ccc(OC2CCCCC2)cc1. The molecule has 1 aliphatic carbocycles. The third-order valence-electron chi connectivity index (χ3n) is 6.56. The van der Waals surface area contributed by atoms with Gasteiger partial charge < -0.3 is 35.6 Å². The van der Waals surface area contributed by atoms with Crippen molar-refractivity contribution in [3.05, 3.63) is 59.2 Å². The summed E-state index contributed by atoms with van der Waals surface area (Å²) in [5.74, 6) is 0.878. The Morgan fingerprint density at radius 2 is 1.62 bits per heavy atom. The van der Waals surface area contributed by atoms with Crippen LogP contribution in [0.4, 0.5) is 5.69 Å². The van der Waals surface area contributed by atoms with Gasteiger partial charge >= 0.3 is 0 Å². The Balaban J connectivity index is 1.47. The van der Waals surface area contributed by atoms with E-state index in [0.717, 1.165) is 29.7 Å². The van der Waals surface area contributed by atoms with Crippen LogP contribution >= 0.6 is 0 Å². The number of benzene rings is 2. The van der Waals surface area contributed by atoms with Crippen LogP contribution in [-0.4, -0.2) is 57.6 Å². The Kier molecular flexibility index (Phi) is 7.33. The van der Waals surface area contributed by atoms with Gasteiger partial charge in [-0.25, -0.2) is 0 Å². The van der Waals surface area contributed by atoms with Crippen molar-refractivity contribution in [2.45, 2.75) is 75.1 Å². The Morgan fingerprint density at radius 3 is 2.31 bits per heavy atom. The molecule has 0 radical (unpaired) electrons. The number of aliphatic hydroxyl groups excluding tert-OH is 4. The molecule has 2 fully saturated rings. The Bertz CT molecular complexity index is 881. The molecule has 1 heterocycles. The lowest BCUT2D eigenvalue weighted by molar-refractivity contribution is -0.231. The summed E-state index contributed by atoms with van der Waals surface area (Å²) in [5.41, 5.74) is 9.37. The number of nitrogen functional groups attached to an aromatic ring is 1. The van der Waals surface area contributed by atoms with E-state index in [1.54, 1.807) is 12.1 Å². The molecule has 7 heteroatoms. The second-order valence-electron chi connectivity index (χ2n) is 8.91. The highest BCUT2D eigenvalue weighted by Crippen LogP contribution is 2.34. The van der Waals surface area contributed by atoms with E-state index in [0.29, 0.717) is 23.8 Å². The zero-order chi connectivity index (χ0) is 22.7. The van der Waals surface area contributed by atoms with Gasteiger partial charge in [-0.05, 0) is 67.0 Å². The minimum absolute atomic E-state index is 0.306. The average molecular weight is 444 g/mol. The number of anilines is 1. The van der Waals surface area contributed by atoms with Crippen molar-refractivity contribution < 1.29 is 29.9 Å². The van der Waals surface area contributed by atoms with Gasteiger partial charge in [0.15, 0.2) is 0 Å². The maximum Gasteiger partial charge on any atom is 0.119 e. The number of hydrogen-bond acceptors (Lipinski definition) is 7. The lowest BCUT2D eigenvalue weighted by Crippen LogP contribution is -2.55. The largest absolute Gasteiger partial charge is 0.490 e. The maximum atomic E-state index is 10.4. The summed E-state index contributed by atoms with van der Waals surface area (Å²) in [6.07, 6.45) is 0.931. The van der Waals surface area contributed by atoms with Crippen LogP contribution in [-0.2, 0) is 11.2 Å². The summed E-state index contributed by atoms with van der Waals surface area (Å²) in [6.45, 7) is -0.460. The van der Waals surface area contributed by atoms with Gasteiger partial charge in [-0.2, -0.15) is 0 Å². The zero-order valence-corrected chi connectivity index (χ0v) is 18.1. The van der Waals surface area contributed by atoms with E-state index >= 15 is 0 Å². The molecule has 0 amide bonds. The predicted octanol–water partition coefficient (Wildman–Crippen LogP) is 2.09. The standard InChI is InChI=1S/C25H33NO6/c26-20-11-8-16(25-24(30)23(29)22(28)21(14-27)32-25)13-17(20)12-15-6-9-19(10-7-15)31-18-4-2-1-3-5-18/h6-11,13,18,21-25,27-30H,1-5,12,14,26H2/t21?,22-,23?,24-,25+/m1/s1. The van der Waals surface area contributed by atoms with E-state index in [2.05, 4.69) is 0 Å². The lowest BCUT2D eigenvalue weighted by Gasteiger charge is -2.40. The molecule has 2 aromatic carbocycles. The molecule has 6 N–H and O–H groups in total. The van der Waals surface area contributed by atoms with Gasteiger partial charge in [0.1, 0.15) is 36.3 Å². The van der Waals surface area contributed by atoms with E-state index in [4.69, 9.17) is 15.2 Å². The first-order valence-corrected chi connectivity index (χ1v) is 11.4. The minimum atomic E-state index is -1.41. The second-order valence-corrected chi connectivity index (χ2v) is 8.91. The van der Waals surface area contributed by atoms with Gasteiger partial charge in [0, 0.05) is 5.69 Å². The minimum Gasteiger partial charge on any atom is -0.490 e. The lowest BCUT2D eigenvalue weighted by atomic mass is 9.89. The number of aliphatic hydroxyl groups is 4. The van der Waals surface area contributed by atoms with Crippen molar-refractivity contribution in [2.75, 3.05) is 12.3 Å². The Hall–Kier alpha value is -2.16. The first-order chi connectivity index (χ1) is 15.5. The average Bonchev–Trinajstić information content (AvgIpc) is 2.81. The molecule has 1 saturated heterocycles. The van der Waals surface area contributed by atoms with Crippen molar-refractivity contribution in [1.82, 2.24) is 0 Å². The molecule has 2 unspecified atom stereocenters. The van der Waals surface area contributed by atoms with E-state index < -0.39 is 37.1 Å². The van der Waals surface area contributed by atoms with Gasteiger partial charge in [-0.15, -0.1) is 0 Å². The molecule has 0 aromatic heterocycles. The van der Waals surface area contributed by atoms with E-state index in [1.807, 2.05) is 30.3 Å². The van der Waals surface area contributed by atoms with Gasteiger partial charge in [0.05, 0.1) is 12.7 Å². The van der Waals surface area contributed by atoms with Crippen molar-refractivity contribution in [1.29, 1.82) is 0 Å². The van der Waals surface area contributed by atoms with Crippen molar-refractivity contribution in [2.24, 2.45) is 0 Å².